The molecule has 4 heteroatoms. The van der Waals surface area contributed by atoms with Gasteiger partial charge in [0.1, 0.15) is 11.5 Å². The third kappa shape index (κ3) is 8.04. The Bertz CT molecular complexity index is 843. The smallest absolute Gasteiger partial charge is 0.507 e. The molecule has 32 heavy (non-hydrogen) atoms. The minimum atomic E-state index is -0.0140. The third-order valence-electron chi connectivity index (χ3n) is 5.65. The van der Waals surface area contributed by atoms with Gasteiger partial charge in [0, 0.05) is 0 Å². The van der Waals surface area contributed by atoms with Crippen LogP contribution in [0.25, 0.3) is 0 Å². The van der Waals surface area contributed by atoms with Crippen LogP contribution in [0.5, 0.6) is 11.5 Å². The molecular formula is C28H42CuO2S+. The maximum absolute atomic E-state index is 10.6. The van der Waals surface area contributed by atoms with Gasteiger partial charge in [-0.25, -0.2) is 0 Å². The van der Waals surface area contributed by atoms with Gasteiger partial charge in [0.25, 0.3) is 0 Å². The minimum Gasteiger partial charge on any atom is -0.507 e. The first-order valence-corrected chi connectivity index (χ1v) is 12.1. The summed E-state index contributed by atoms with van der Waals surface area (Å²) in [4.78, 5) is 1.56. The Morgan fingerprint density at radius 2 is 0.906 bits per heavy atom. The Morgan fingerprint density at radius 3 is 1.19 bits per heavy atom. The van der Waals surface area contributed by atoms with Gasteiger partial charge in [-0.05, 0) is 69.9 Å². The second kappa shape index (κ2) is 10.0. The molecule has 0 spiro atoms. The number of rotatable bonds is 6. The van der Waals surface area contributed by atoms with Crippen LogP contribution in [0.1, 0.15) is 93.2 Å². The predicted octanol–water partition coefficient (Wildman–Crippen LogP) is 8.67. The molecule has 0 heterocycles. The first kappa shape index (κ1) is 28.9. The standard InChI is InChI=1S/C28H42O2S.Cu/c1-25(2,3)17-27(7,8)19-11-13-21(29)23(15-19)31-24-16-20(12-14-22(24)30)28(9,10)18-26(4,5)6;/h11-16,29-30H,17-18H2,1-10H3;/q;+1. The van der Waals surface area contributed by atoms with Crippen LogP contribution < -0.4 is 0 Å². The molecule has 0 aliphatic carbocycles. The van der Waals surface area contributed by atoms with E-state index in [2.05, 4.69) is 81.4 Å². The SMILES string of the molecule is CC(C)(C)CC(C)(C)c1ccc(O)c(Sc2cc(C(C)(C)CC(C)(C)C)ccc2O)c1.[Cu+]. The average molecular weight is 506 g/mol. The fourth-order valence-corrected chi connectivity index (χ4v) is 5.96. The second-order valence-corrected chi connectivity index (χ2v) is 13.8. The quantitative estimate of drug-likeness (QED) is 0.385. The van der Waals surface area contributed by atoms with E-state index < -0.39 is 0 Å². The van der Waals surface area contributed by atoms with Crippen LogP contribution >= 0.6 is 11.8 Å². The fraction of sp³-hybridized carbons (Fsp3) is 0.571. The van der Waals surface area contributed by atoms with Crippen molar-refractivity contribution in [3.8, 4) is 11.5 Å². The molecule has 2 nitrogen and oxygen atoms in total. The molecule has 0 aliphatic heterocycles. The van der Waals surface area contributed by atoms with Gasteiger partial charge in [-0.3, -0.25) is 0 Å². The van der Waals surface area contributed by atoms with Crippen LogP contribution in [0.4, 0.5) is 0 Å². The van der Waals surface area contributed by atoms with E-state index in [1.54, 1.807) is 12.1 Å². The molecular weight excluding hydrogens is 464 g/mol. The molecule has 2 N–H and O–H groups in total. The van der Waals surface area contributed by atoms with Crippen molar-refractivity contribution in [2.45, 2.75) is 103 Å². The summed E-state index contributed by atoms with van der Waals surface area (Å²) in [5.74, 6) is 0.498. The van der Waals surface area contributed by atoms with E-state index >= 15 is 0 Å². The maximum Gasteiger partial charge on any atom is 1.00 e. The van der Waals surface area contributed by atoms with E-state index in [1.807, 2.05) is 12.1 Å². The van der Waals surface area contributed by atoms with Crippen molar-refractivity contribution in [1.29, 1.82) is 0 Å². The molecule has 0 saturated carbocycles. The molecule has 0 atom stereocenters. The summed E-state index contributed by atoms with van der Waals surface area (Å²) in [5.41, 5.74) is 2.79. The van der Waals surface area contributed by atoms with Crippen LogP contribution in [0, 0.1) is 10.8 Å². The average Bonchev–Trinajstić information content (AvgIpc) is 2.54. The summed E-state index contributed by atoms with van der Waals surface area (Å²) in [7, 11) is 0. The van der Waals surface area contributed by atoms with Crippen LogP contribution in [-0.4, -0.2) is 10.2 Å². The van der Waals surface area contributed by atoms with Gasteiger partial charge in [0.15, 0.2) is 0 Å². The molecule has 182 valence electrons. The zero-order valence-corrected chi connectivity index (χ0v) is 23.2. The van der Waals surface area contributed by atoms with Crippen LogP contribution in [0.2, 0.25) is 0 Å². The third-order valence-corrected chi connectivity index (χ3v) is 6.74. The summed E-state index contributed by atoms with van der Waals surface area (Å²) < 4.78 is 0. The monoisotopic (exact) mass is 505 g/mol. The fourth-order valence-electron chi connectivity index (χ4n) is 5.01. The maximum atomic E-state index is 10.6. The number of benzene rings is 2. The number of phenols is 2. The zero-order valence-electron chi connectivity index (χ0n) is 21.5. The summed E-state index contributed by atoms with van der Waals surface area (Å²) in [6.45, 7) is 22.6. The number of hydrogen-bond acceptors (Lipinski definition) is 3. The van der Waals surface area contributed by atoms with E-state index in [9.17, 15) is 10.2 Å². The Morgan fingerprint density at radius 1 is 0.594 bits per heavy atom. The number of aromatic hydroxyl groups is 2. The molecule has 0 aliphatic rings. The van der Waals surface area contributed by atoms with Gasteiger partial charge in [0.2, 0.25) is 0 Å². The van der Waals surface area contributed by atoms with E-state index in [4.69, 9.17) is 0 Å². The van der Waals surface area contributed by atoms with E-state index in [0.29, 0.717) is 0 Å². The van der Waals surface area contributed by atoms with Gasteiger partial charge < -0.3 is 10.2 Å². The van der Waals surface area contributed by atoms with E-state index in [-0.39, 0.29) is 50.2 Å². The van der Waals surface area contributed by atoms with E-state index in [0.717, 1.165) is 22.6 Å². The summed E-state index contributed by atoms with van der Waals surface area (Å²) in [6.07, 6.45) is 2.08. The molecule has 2 aromatic rings. The predicted molar refractivity (Wildman–Crippen MR) is 135 cm³/mol. The molecule has 0 aromatic heterocycles. The van der Waals surface area contributed by atoms with Crippen LogP contribution in [0.3, 0.4) is 0 Å². The Balaban J connectivity index is 0.00000512. The molecule has 2 rings (SSSR count). The first-order chi connectivity index (χ1) is 13.9. The molecule has 0 radical (unpaired) electrons. The van der Waals surface area contributed by atoms with Crippen molar-refractivity contribution in [2.75, 3.05) is 0 Å². The molecule has 0 fully saturated rings. The molecule has 0 saturated heterocycles. The topological polar surface area (TPSA) is 40.5 Å². The molecule has 2 aromatic carbocycles. The normalized spacial score (nSPS) is 13.1. The van der Waals surface area contributed by atoms with E-state index in [1.165, 1.54) is 22.9 Å². The van der Waals surface area contributed by atoms with Crippen LogP contribution in [-0.2, 0) is 27.9 Å². The summed E-state index contributed by atoms with van der Waals surface area (Å²) in [6, 6.07) is 11.8. The Hall–Kier alpha value is -1.09. The van der Waals surface area contributed by atoms with Gasteiger partial charge in [-0.15, -0.1) is 0 Å². The zero-order chi connectivity index (χ0) is 23.8. The van der Waals surface area contributed by atoms with Gasteiger partial charge in [0.05, 0.1) is 9.79 Å². The summed E-state index contributed by atoms with van der Waals surface area (Å²) >= 11 is 1.44. The van der Waals surface area contributed by atoms with Gasteiger partial charge in [-0.1, -0.05) is 93.1 Å². The van der Waals surface area contributed by atoms with Crippen molar-refractivity contribution in [1.82, 2.24) is 0 Å². The Kier molecular flexibility index (Phi) is 9.08. The van der Waals surface area contributed by atoms with Crippen molar-refractivity contribution in [3.63, 3.8) is 0 Å². The van der Waals surface area contributed by atoms with Crippen LogP contribution in [0.15, 0.2) is 46.2 Å². The molecule has 0 unspecified atom stereocenters. The molecule has 0 bridgehead atoms. The number of hydrogen-bond donors (Lipinski definition) is 2. The second-order valence-electron chi connectivity index (χ2n) is 12.7. The number of phenolic OH excluding ortho intramolecular Hbond substituents is 2. The Labute approximate surface area is 211 Å². The van der Waals surface area contributed by atoms with Crippen molar-refractivity contribution < 1.29 is 27.3 Å². The minimum absolute atomic E-state index is 0. The first-order valence-electron chi connectivity index (χ1n) is 11.2. The van der Waals surface area contributed by atoms with Crippen molar-refractivity contribution >= 4 is 11.8 Å². The largest absolute Gasteiger partial charge is 1.00 e. The van der Waals surface area contributed by atoms with Crippen molar-refractivity contribution in [2.24, 2.45) is 10.8 Å². The van der Waals surface area contributed by atoms with Gasteiger partial charge >= 0.3 is 17.1 Å². The molecule has 0 amide bonds. The van der Waals surface area contributed by atoms with Gasteiger partial charge in [-0.2, -0.15) is 0 Å². The van der Waals surface area contributed by atoms with Crippen molar-refractivity contribution in [3.05, 3.63) is 47.5 Å². The summed E-state index contributed by atoms with van der Waals surface area (Å²) in [5, 5.41) is 21.1.